The summed E-state index contributed by atoms with van der Waals surface area (Å²) in [4.78, 5) is 11.8. The van der Waals surface area contributed by atoms with E-state index in [0.717, 1.165) is 10.0 Å². The smallest absolute Gasteiger partial charge is 0.258 e. The van der Waals surface area contributed by atoms with Gasteiger partial charge in [0.05, 0.1) is 4.47 Å². The van der Waals surface area contributed by atoms with E-state index < -0.39 is 0 Å². The second-order valence-corrected chi connectivity index (χ2v) is 6.00. The van der Waals surface area contributed by atoms with Gasteiger partial charge in [-0.1, -0.05) is 26.0 Å². The molecule has 1 aromatic carbocycles. The highest BCUT2D eigenvalue weighted by Gasteiger charge is 2.13. The highest BCUT2D eigenvalue weighted by atomic mass is 79.9. The molecule has 0 bridgehead atoms. The number of carbonyl (C=O) groups is 1. The molecule has 1 amide bonds. The molecule has 4 nitrogen and oxygen atoms in total. The molecular formula is C15H23BrN2O2. The van der Waals surface area contributed by atoms with Gasteiger partial charge < -0.3 is 15.4 Å². The normalized spacial score (nSPS) is 12.3. The molecule has 0 aliphatic carbocycles. The molecule has 1 aromatic rings. The molecule has 0 saturated heterocycles. The maximum Gasteiger partial charge on any atom is 0.258 e. The topological polar surface area (TPSA) is 50.4 Å². The van der Waals surface area contributed by atoms with Gasteiger partial charge >= 0.3 is 0 Å². The molecule has 0 saturated carbocycles. The van der Waals surface area contributed by atoms with Crippen LogP contribution in [0, 0.1) is 5.92 Å². The van der Waals surface area contributed by atoms with Gasteiger partial charge in [0.1, 0.15) is 5.75 Å². The van der Waals surface area contributed by atoms with Gasteiger partial charge in [0, 0.05) is 18.2 Å². The average molecular weight is 343 g/mol. The Bertz CT molecular complexity index is 449. The lowest BCUT2D eigenvalue weighted by Crippen LogP contribution is -2.39. The third-order valence-corrected chi connectivity index (χ3v) is 3.78. The van der Waals surface area contributed by atoms with Crippen molar-refractivity contribution in [1.29, 1.82) is 0 Å². The summed E-state index contributed by atoms with van der Waals surface area (Å²) in [6.45, 7) is 6.86. The van der Waals surface area contributed by atoms with Gasteiger partial charge in [0.2, 0.25) is 0 Å². The SMILES string of the molecule is CNCc1cccc(Br)c1OCC(=O)NC(C)C(C)C. The molecule has 0 radical (unpaired) electrons. The fourth-order valence-electron chi connectivity index (χ4n) is 1.64. The first kappa shape index (κ1) is 17.0. The molecule has 5 heteroatoms. The molecule has 0 spiro atoms. The monoisotopic (exact) mass is 342 g/mol. The number of hydrogen-bond donors (Lipinski definition) is 2. The van der Waals surface area contributed by atoms with E-state index in [1.54, 1.807) is 0 Å². The fraction of sp³-hybridized carbons (Fsp3) is 0.533. The Balaban J connectivity index is 2.63. The Morgan fingerprint density at radius 3 is 2.65 bits per heavy atom. The molecule has 0 aromatic heterocycles. The van der Waals surface area contributed by atoms with E-state index in [1.807, 2.05) is 32.2 Å². The summed E-state index contributed by atoms with van der Waals surface area (Å²) >= 11 is 3.46. The maximum absolute atomic E-state index is 11.8. The number of rotatable bonds is 7. The van der Waals surface area contributed by atoms with Crippen LogP contribution in [0.4, 0.5) is 0 Å². The van der Waals surface area contributed by atoms with Crippen LogP contribution < -0.4 is 15.4 Å². The van der Waals surface area contributed by atoms with Gasteiger partial charge in [-0.2, -0.15) is 0 Å². The lowest BCUT2D eigenvalue weighted by Gasteiger charge is -2.18. The molecule has 0 aliphatic heterocycles. The van der Waals surface area contributed by atoms with Gasteiger partial charge in [0.15, 0.2) is 6.61 Å². The summed E-state index contributed by atoms with van der Waals surface area (Å²) in [6.07, 6.45) is 0. The standard InChI is InChI=1S/C15H23BrN2O2/c1-10(2)11(3)18-14(19)9-20-15-12(8-17-4)6-5-7-13(15)16/h5-7,10-11,17H,8-9H2,1-4H3,(H,18,19). The minimum Gasteiger partial charge on any atom is -0.482 e. The zero-order valence-electron chi connectivity index (χ0n) is 12.5. The first-order chi connectivity index (χ1) is 9.45. The summed E-state index contributed by atoms with van der Waals surface area (Å²) < 4.78 is 6.52. The van der Waals surface area contributed by atoms with Gasteiger partial charge in [-0.05, 0) is 41.9 Å². The minimum absolute atomic E-state index is 0.0242. The number of amides is 1. The van der Waals surface area contributed by atoms with Gasteiger partial charge in [0.25, 0.3) is 5.91 Å². The lowest BCUT2D eigenvalue weighted by atomic mass is 10.1. The molecule has 2 N–H and O–H groups in total. The van der Waals surface area contributed by atoms with Gasteiger partial charge in [-0.15, -0.1) is 0 Å². The van der Waals surface area contributed by atoms with E-state index in [-0.39, 0.29) is 18.6 Å². The van der Waals surface area contributed by atoms with Crippen LogP contribution in [0.2, 0.25) is 0 Å². The number of halogens is 1. The van der Waals surface area contributed by atoms with Crippen molar-refractivity contribution in [2.45, 2.75) is 33.4 Å². The largest absolute Gasteiger partial charge is 0.482 e. The van der Waals surface area contributed by atoms with E-state index in [0.29, 0.717) is 18.2 Å². The first-order valence-corrected chi connectivity index (χ1v) is 7.59. The van der Waals surface area contributed by atoms with Crippen molar-refractivity contribution >= 4 is 21.8 Å². The van der Waals surface area contributed by atoms with E-state index in [9.17, 15) is 4.79 Å². The molecule has 0 aliphatic rings. The van der Waals surface area contributed by atoms with Gasteiger partial charge in [-0.3, -0.25) is 4.79 Å². The van der Waals surface area contributed by atoms with Crippen molar-refractivity contribution in [3.63, 3.8) is 0 Å². The van der Waals surface area contributed by atoms with E-state index in [1.165, 1.54) is 0 Å². The minimum atomic E-state index is -0.0997. The third-order valence-electron chi connectivity index (χ3n) is 3.15. The predicted octanol–water partition coefficient (Wildman–Crippen LogP) is 2.71. The second kappa shape index (κ2) is 8.27. The predicted molar refractivity (Wildman–Crippen MR) is 84.8 cm³/mol. The molecule has 20 heavy (non-hydrogen) atoms. The number of nitrogens with one attached hydrogen (secondary N) is 2. The Kier molecular flexibility index (Phi) is 7.02. The number of benzene rings is 1. The summed E-state index contributed by atoms with van der Waals surface area (Å²) in [5, 5.41) is 6.01. The highest BCUT2D eigenvalue weighted by molar-refractivity contribution is 9.10. The van der Waals surface area contributed by atoms with Crippen LogP contribution in [0.1, 0.15) is 26.3 Å². The van der Waals surface area contributed by atoms with E-state index in [4.69, 9.17) is 4.74 Å². The average Bonchev–Trinajstić information content (AvgIpc) is 2.38. The Hall–Kier alpha value is -1.07. The first-order valence-electron chi connectivity index (χ1n) is 6.79. The van der Waals surface area contributed by atoms with Crippen molar-refractivity contribution < 1.29 is 9.53 Å². The zero-order valence-corrected chi connectivity index (χ0v) is 14.1. The third kappa shape index (κ3) is 5.13. The number of ether oxygens (including phenoxy) is 1. The molecule has 1 unspecified atom stereocenters. The lowest BCUT2D eigenvalue weighted by molar-refractivity contribution is -0.124. The van der Waals surface area contributed by atoms with Crippen LogP contribution >= 0.6 is 15.9 Å². The van der Waals surface area contributed by atoms with Crippen LogP contribution in [0.3, 0.4) is 0 Å². The summed E-state index contributed by atoms with van der Waals surface area (Å²) in [7, 11) is 1.88. The molecular weight excluding hydrogens is 320 g/mol. The van der Waals surface area contributed by atoms with E-state index in [2.05, 4.69) is 40.4 Å². The number of hydrogen-bond acceptors (Lipinski definition) is 3. The second-order valence-electron chi connectivity index (χ2n) is 5.15. The molecule has 0 heterocycles. The quantitative estimate of drug-likeness (QED) is 0.800. The van der Waals surface area contributed by atoms with Crippen molar-refractivity contribution in [2.24, 2.45) is 5.92 Å². The summed E-state index contributed by atoms with van der Waals surface area (Å²) in [5.41, 5.74) is 1.02. The van der Waals surface area contributed by atoms with Crippen molar-refractivity contribution in [2.75, 3.05) is 13.7 Å². The maximum atomic E-state index is 11.8. The van der Waals surface area contributed by atoms with Crippen LogP contribution in [0.5, 0.6) is 5.75 Å². The molecule has 1 atom stereocenters. The highest BCUT2D eigenvalue weighted by Crippen LogP contribution is 2.28. The van der Waals surface area contributed by atoms with Crippen molar-refractivity contribution in [3.05, 3.63) is 28.2 Å². The van der Waals surface area contributed by atoms with Crippen LogP contribution in [0.15, 0.2) is 22.7 Å². The van der Waals surface area contributed by atoms with Gasteiger partial charge in [-0.25, -0.2) is 0 Å². The Labute approximate surface area is 129 Å². The van der Waals surface area contributed by atoms with Crippen molar-refractivity contribution in [1.82, 2.24) is 10.6 Å². The van der Waals surface area contributed by atoms with Crippen molar-refractivity contribution in [3.8, 4) is 5.75 Å². The Morgan fingerprint density at radius 1 is 1.35 bits per heavy atom. The Morgan fingerprint density at radius 2 is 2.05 bits per heavy atom. The molecule has 0 fully saturated rings. The van der Waals surface area contributed by atoms with E-state index >= 15 is 0 Å². The number of carbonyl (C=O) groups excluding carboxylic acids is 1. The van der Waals surface area contributed by atoms with Crippen LogP contribution in [-0.4, -0.2) is 25.6 Å². The van der Waals surface area contributed by atoms with Crippen LogP contribution in [0.25, 0.3) is 0 Å². The molecule has 1 rings (SSSR count). The summed E-state index contributed by atoms with van der Waals surface area (Å²) in [6, 6.07) is 5.97. The fourth-order valence-corrected chi connectivity index (χ4v) is 2.17. The number of para-hydroxylation sites is 1. The molecule has 112 valence electrons. The summed E-state index contributed by atoms with van der Waals surface area (Å²) in [5.74, 6) is 1.02. The zero-order chi connectivity index (χ0) is 15.1. The van der Waals surface area contributed by atoms with Crippen LogP contribution in [-0.2, 0) is 11.3 Å².